The van der Waals surface area contributed by atoms with Gasteiger partial charge in [0.05, 0.1) is 0 Å². The van der Waals surface area contributed by atoms with Crippen LogP contribution in [0, 0.1) is 0 Å². The largest absolute Gasteiger partial charge is 0.399 e. The summed E-state index contributed by atoms with van der Waals surface area (Å²) in [5, 5.41) is 9.40. The maximum atomic E-state index is 5.82. The molecule has 2 N–H and O–H groups in total. The topological polar surface area (TPSA) is 56.7 Å². The second kappa shape index (κ2) is 3.52. The number of anilines is 1. The van der Waals surface area contributed by atoms with Gasteiger partial charge >= 0.3 is 0 Å². The van der Waals surface area contributed by atoms with Crippen LogP contribution in [0.2, 0.25) is 0 Å². The van der Waals surface area contributed by atoms with Crippen molar-refractivity contribution < 1.29 is 0 Å². The number of nitrogens with zero attached hydrogens (tertiary/aromatic N) is 3. The van der Waals surface area contributed by atoms with Crippen LogP contribution in [0.25, 0.3) is 11.4 Å². The molecule has 0 fully saturated rings. The Morgan fingerprint density at radius 3 is 3.06 bits per heavy atom. The molecule has 2 aromatic rings. The molecule has 1 aliphatic rings. The first kappa shape index (κ1) is 9.72. The molecule has 0 unspecified atom stereocenters. The van der Waals surface area contributed by atoms with Crippen LogP contribution in [-0.4, -0.2) is 21.0 Å². The number of hydrogen-bond acceptors (Lipinski definition) is 4. The van der Waals surface area contributed by atoms with E-state index in [1.165, 1.54) is 5.56 Å². The third-order valence-electron chi connectivity index (χ3n) is 2.88. The number of aryl methyl sites for hydroxylation is 1. The number of rotatable bonds is 1. The third kappa shape index (κ3) is 1.31. The van der Waals surface area contributed by atoms with Crippen LogP contribution in [0.5, 0.6) is 0 Å². The maximum absolute atomic E-state index is 5.82. The summed E-state index contributed by atoms with van der Waals surface area (Å²) in [5.41, 5.74) is 9.03. The fourth-order valence-electron chi connectivity index (χ4n) is 2.09. The summed E-state index contributed by atoms with van der Waals surface area (Å²) in [7, 11) is 0. The van der Waals surface area contributed by atoms with Crippen molar-refractivity contribution in [2.24, 2.45) is 0 Å². The van der Waals surface area contributed by atoms with E-state index in [2.05, 4.69) is 20.8 Å². The molecule has 82 valence electrons. The SMILES string of the molecule is CSc1nnc2n1CCc1ccc(N)cc1-2. The Hall–Kier alpha value is -1.49. The molecule has 0 spiro atoms. The molecule has 1 aromatic heterocycles. The number of fused-ring (bicyclic) bond motifs is 3. The van der Waals surface area contributed by atoms with Gasteiger partial charge in [0.15, 0.2) is 11.0 Å². The molecule has 3 rings (SSSR count). The van der Waals surface area contributed by atoms with Crippen LogP contribution in [-0.2, 0) is 13.0 Å². The summed E-state index contributed by atoms with van der Waals surface area (Å²) in [6.45, 7) is 0.954. The van der Waals surface area contributed by atoms with Gasteiger partial charge in [-0.25, -0.2) is 0 Å². The van der Waals surface area contributed by atoms with Crippen LogP contribution in [0.4, 0.5) is 5.69 Å². The van der Waals surface area contributed by atoms with Crippen molar-refractivity contribution in [3.05, 3.63) is 23.8 Å². The van der Waals surface area contributed by atoms with E-state index < -0.39 is 0 Å². The Bertz CT molecular complexity index is 547. The molecule has 2 heterocycles. The standard InChI is InChI=1S/C11H12N4S/c1-16-11-14-13-10-9-6-8(12)3-2-7(9)4-5-15(10)11/h2-3,6H,4-5,12H2,1H3. The van der Waals surface area contributed by atoms with E-state index in [0.717, 1.165) is 35.2 Å². The Labute approximate surface area is 97.9 Å². The number of thioether (sulfide) groups is 1. The van der Waals surface area contributed by atoms with Gasteiger partial charge in [-0.1, -0.05) is 17.8 Å². The fraction of sp³-hybridized carbons (Fsp3) is 0.273. The molecule has 1 aromatic carbocycles. The minimum atomic E-state index is 0.779. The molecule has 0 bridgehead atoms. The molecular weight excluding hydrogens is 220 g/mol. The maximum Gasteiger partial charge on any atom is 0.191 e. The van der Waals surface area contributed by atoms with Gasteiger partial charge in [0.25, 0.3) is 0 Å². The number of nitrogen functional groups attached to an aromatic ring is 1. The lowest BCUT2D eigenvalue weighted by Crippen LogP contribution is -2.12. The first-order valence-electron chi connectivity index (χ1n) is 5.15. The molecule has 0 saturated heterocycles. The van der Waals surface area contributed by atoms with Crippen LogP contribution in [0.3, 0.4) is 0 Å². The van der Waals surface area contributed by atoms with E-state index in [9.17, 15) is 0 Å². The molecule has 0 amide bonds. The lowest BCUT2D eigenvalue weighted by molar-refractivity contribution is 0.626. The summed E-state index contributed by atoms with van der Waals surface area (Å²) >= 11 is 1.63. The van der Waals surface area contributed by atoms with Crippen LogP contribution in [0.1, 0.15) is 5.56 Å². The minimum absolute atomic E-state index is 0.779. The van der Waals surface area contributed by atoms with E-state index in [4.69, 9.17) is 5.73 Å². The van der Waals surface area contributed by atoms with Crippen molar-refractivity contribution in [2.75, 3.05) is 12.0 Å². The van der Waals surface area contributed by atoms with Crippen molar-refractivity contribution in [2.45, 2.75) is 18.1 Å². The van der Waals surface area contributed by atoms with Crippen LogP contribution >= 0.6 is 11.8 Å². The van der Waals surface area contributed by atoms with Gasteiger partial charge in [-0.2, -0.15) is 0 Å². The second-order valence-corrected chi connectivity index (χ2v) is 4.60. The van der Waals surface area contributed by atoms with Crippen molar-refractivity contribution in [3.63, 3.8) is 0 Å². The van der Waals surface area contributed by atoms with Crippen molar-refractivity contribution >= 4 is 17.4 Å². The number of nitrogens with two attached hydrogens (primary N) is 1. The van der Waals surface area contributed by atoms with Gasteiger partial charge in [0, 0.05) is 17.8 Å². The first-order chi connectivity index (χ1) is 7.79. The highest BCUT2D eigenvalue weighted by atomic mass is 32.2. The average molecular weight is 232 g/mol. The first-order valence-corrected chi connectivity index (χ1v) is 6.38. The molecular formula is C11H12N4S. The molecule has 16 heavy (non-hydrogen) atoms. The van der Waals surface area contributed by atoms with Gasteiger partial charge in [-0.15, -0.1) is 10.2 Å². The zero-order chi connectivity index (χ0) is 11.1. The average Bonchev–Trinajstić information content (AvgIpc) is 2.72. The van der Waals surface area contributed by atoms with Crippen LogP contribution < -0.4 is 5.73 Å². The molecule has 1 aliphatic heterocycles. The zero-order valence-electron chi connectivity index (χ0n) is 8.97. The third-order valence-corrected chi connectivity index (χ3v) is 3.55. The summed E-state index contributed by atoms with van der Waals surface area (Å²) in [5.74, 6) is 0.943. The highest BCUT2D eigenvalue weighted by Crippen LogP contribution is 2.31. The summed E-state index contributed by atoms with van der Waals surface area (Å²) in [6, 6.07) is 6.01. The summed E-state index contributed by atoms with van der Waals surface area (Å²) < 4.78 is 2.16. The molecule has 4 nitrogen and oxygen atoms in total. The van der Waals surface area contributed by atoms with Crippen molar-refractivity contribution in [1.82, 2.24) is 14.8 Å². The zero-order valence-corrected chi connectivity index (χ0v) is 9.79. The molecule has 0 atom stereocenters. The fourth-order valence-corrected chi connectivity index (χ4v) is 2.61. The van der Waals surface area contributed by atoms with Gasteiger partial charge < -0.3 is 10.3 Å². The smallest absolute Gasteiger partial charge is 0.191 e. The van der Waals surface area contributed by atoms with Gasteiger partial charge in [0.2, 0.25) is 0 Å². The van der Waals surface area contributed by atoms with E-state index in [0.29, 0.717) is 0 Å². The van der Waals surface area contributed by atoms with Crippen molar-refractivity contribution in [1.29, 1.82) is 0 Å². The summed E-state index contributed by atoms with van der Waals surface area (Å²) in [4.78, 5) is 0. The van der Waals surface area contributed by atoms with E-state index >= 15 is 0 Å². The molecule has 0 aliphatic carbocycles. The number of aromatic nitrogens is 3. The molecule has 5 heteroatoms. The summed E-state index contributed by atoms with van der Waals surface area (Å²) in [6.07, 6.45) is 3.04. The van der Waals surface area contributed by atoms with Gasteiger partial charge in [-0.3, -0.25) is 0 Å². The Morgan fingerprint density at radius 1 is 1.38 bits per heavy atom. The quantitative estimate of drug-likeness (QED) is 0.601. The van der Waals surface area contributed by atoms with Gasteiger partial charge in [0.1, 0.15) is 0 Å². The highest BCUT2D eigenvalue weighted by molar-refractivity contribution is 7.98. The van der Waals surface area contributed by atoms with Gasteiger partial charge in [-0.05, 0) is 30.4 Å². The predicted molar refractivity (Wildman–Crippen MR) is 65.4 cm³/mol. The predicted octanol–water partition coefficient (Wildman–Crippen LogP) is 1.81. The van der Waals surface area contributed by atoms with E-state index in [1.54, 1.807) is 11.8 Å². The number of hydrogen-bond donors (Lipinski definition) is 1. The monoisotopic (exact) mass is 232 g/mol. The van der Waals surface area contributed by atoms with E-state index in [-0.39, 0.29) is 0 Å². The Kier molecular flexibility index (Phi) is 2.14. The Morgan fingerprint density at radius 2 is 2.25 bits per heavy atom. The second-order valence-electron chi connectivity index (χ2n) is 3.83. The highest BCUT2D eigenvalue weighted by Gasteiger charge is 2.20. The Balaban J connectivity index is 2.22. The van der Waals surface area contributed by atoms with Crippen LogP contribution in [0.15, 0.2) is 23.4 Å². The molecule has 0 radical (unpaired) electrons. The molecule has 0 saturated carbocycles. The van der Waals surface area contributed by atoms with E-state index in [1.807, 2.05) is 18.4 Å². The normalized spacial score (nSPS) is 13.3. The minimum Gasteiger partial charge on any atom is -0.399 e. The number of benzene rings is 1. The lowest BCUT2D eigenvalue weighted by atomic mass is 10.0. The lowest BCUT2D eigenvalue weighted by Gasteiger charge is -2.18. The van der Waals surface area contributed by atoms with Crippen molar-refractivity contribution in [3.8, 4) is 11.4 Å².